The van der Waals surface area contributed by atoms with Crippen LogP contribution in [0.3, 0.4) is 0 Å². The number of benzene rings is 8. The van der Waals surface area contributed by atoms with Crippen LogP contribution in [0.1, 0.15) is 0 Å². The van der Waals surface area contributed by atoms with Gasteiger partial charge in [-0.2, -0.15) is 0 Å². The predicted octanol–water partition coefficient (Wildman–Crippen LogP) is 13.5. The zero-order valence-electron chi connectivity index (χ0n) is 29.4. The molecule has 0 aliphatic carbocycles. The van der Waals surface area contributed by atoms with E-state index in [1.807, 2.05) is 60.7 Å². The molecular weight excluding hydrogens is 675 g/mol. The molecule has 0 fully saturated rings. The van der Waals surface area contributed by atoms with Gasteiger partial charge in [-0.05, 0) is 64.9 Å². The third-order valence-corrected chi connectivity index (χ3v) is 11.0. The Bertz CT molecular complexity index is 3480. The Kier molecular flexibility index (Phi) is 6.27. The maximum Gasteiger partial charge on any atom is 0.180 e. The highest BCUT2D eigenvalue weighted by Gasteiger charge is 2.23. The molecule has 12 aromatic rings. The van der Waals surface area contributed by atoms with Gasteiger partial charge in [-0.1, -0.05) is 127 Å². The number of aromatic nitrogens is 3. The SMILES string of the molecule is c1ccc(-c2nc(-c3ccccc3)c3oc4ccc(-c5ccc(-n6c7ccccc7c7cc8ccccc8cc76)c6c5oc5ccccc56)cc4c3n2)cc1. The second-order valence-corrected chi connectivity index (χ2v) is 14.1. The van der Waals surface area contributed by atoms with Gasteiger partial charge >= 0.3 is 0 Å². The second kappa shape index (κ2) is 11.5. The lowest BCUT2D eigenvalue weighted by Crippen LogP contribution is -1.95. The Balaban J connectivity index is 1.13. The van der Waals surface area contributed by atoms with Crippen molar-refractivity contribution < 1.29 is 8.83 Å². The molecule has 0 aliphatic heterocycles. The highest BCUT2D eigenvalue weighted by atomic mass is 16.3. The third kappa shape index (κ3) is 4.47. The largest absolute Gasteiger partial charge is 0.455 e. The van der Waals surface area contributed by atoms with Crippen LogP contribution in [0.15, 0.2) is 185 Å². The Morgan fingerprint density at radius 1 is 0.418 bits per heavy atom. The fourth-order valence-electron chi connectivity index (χ4n) is 8.46. The van der Waals surface area contributed by atoms with Gasteiger partial charge < -0.3 is 13.4 Å². The van der Waals surface area contributed by atoms with Crippen molar-refractivity contribution in [3.63, 3.8) is 0 Å². The van der Waals surface area contributed by atoms with Crippen LogP contribution in [-0.2, 0) is 0 Å². The quantitative estimate of drug-likeness (QED) is 0.183. The molecule has 256 valence electrons. The minimum Gasteiger partial charge on any atom is -0.455 e. The second-order valence-electron chi connectivity index (χ2n) is 14.1. The lowest BCUT2D eigenvalue weighted by Gasteiger charge is -2.12. The fourth-order valence-corrected chi connectivity index (χ4v) is 8.46. The molecule has 0 saturated heterocycles. The van der Waals surface area contributed by atoms with Crippen molar-refractivity contribution >= 4 is 76.6 Å². The zero-order valence-corrected chi connectivity index (χ0v) is 29.4. The van der Waals surface area contributed by atoms with Crippen LogP contribution >= 0.6 is 0 Å². The summed E-state index contributed by atoms with van der Waals surface area (Å²) in [6.45, 7) is 0. The van der Waals surface area contributed by atoms with E-state index in [1.54, 1.807) is 0 Å². The van der Waals surface area contributed by atoms with Crippen molar-refractivity contribution in [2.75, 3.05) is 0 Å². The molecule has 0 unspecified atom stereocenters. The lowest BCUT2D eigenvalue weighted by molar-refractivity contribution is 0.667. The number of furan rings is 2. The maximum atomic E-state index is 6.84. The molecule has 0 amide bonds. The van der Waals surface area contributed by atoms with Gasteiger partial charge in [0.25, 0.3) is 0 Å². The highest BCUT2D eigenvalue weighted by molar-refractivity contribution is 6.19. The smallest absolute Gasteiger partial charge is 0.180 e. The van der Waals surface area contributed by atoms with Crippen LogP contribution in [-0.4, -0.2) is 14.5 Å². The summed E-state index contributed by atoms with van der Waals surface area (Å²) >= 11 is 0. The number of hydrogen-bond acceptors (Lipinski definition) is 4. The monoisotopic (exact) mass is 703 g/mol. The number of nitrogens with zero attached hydrogens (tertiary/aromatic N) is 3. The number of fused-ring (bicyclic) bond motifs is 10. The van der Waals surface area contributed by atoms with E-state index in [-0.39, 0.29) is 0 Å². The number of hydrogen-bond donors (Lipinski definition) is 0. The summed E-state index contributed by atoms with van der Waals surface area (Å²) in [4.78, 5) is 10.2. The molecule has 0 radical (unpaired) electrons. The molecular formula is C50H29N3O2. The highest BCUT2D eigenvalue weighted by Crippen LogP contribution is 2.44. The van der Waals surface area contributed by atoms with E-state index in [0.717, 1.165) is 83.1 Å². The first-order valence-electron chi connectivity index (χ1n) is 18.5. The minimum atomic E-state index is 0.656. The van der Waals surface area contributed by atoms with Gasteiger partial charge in [0.2, 0.25) is 0 Å². The van der Waals surface area contributed by atoms with Crippen molar-refractivity contribution in [3.8, 4) is 39.5 Å². The molecule has 4 heterocycles. The van der Waals surface area contributed by atoms with Crippen LogP contribution in [0.25, 0.3) is 116 Å². The van der Waals surface area contributed by atoms with E-state index in [1.165, 1.54) is 21.5 Å². The first-order valence-corrected chi connectivity index (χ1v) is 18.5. The Morgan fingerprint density at radius 3 is 1.93 bits per heavy atom. The van der Waals surface area contributed by atoms with Gasteiger partial charge in [0, 0.05) is 38.2 Å². The molecule has 0 bridgehead atoms. The van der Waals surface area contributed by atoms with Crippen LogP contribution in [0.2, 0.25) is 0 Å². The van der Waals surface area contributed by atoms with Crippen molar-refractivity contribution in [2.45, 2.75) is 0 Å². The van der Waals surface area contributed by atoms with E-state index < -0.39 is 0 Å². The number of para-hydroxylation sites is 2. The fraction of sp³-hybridized carbons (Fsp3) is 0. The Morgan fingerprint density at radius 2 is 1.09 bits per heavy atom. The Hall–Kier alpha value is -7.50. The summed E-state index contributed by atoms with van der Waals surface area (Å²) < 4.78 is 15.8. The zero-order chi connectivity index (χ0) is 36.0. The minimum absolute atomic E-state index is 0.656. The van der Waals surface area contributed by atoms with E-state index in [2.05, 4.69) is 120 Å². The average molecular weight is 704 g/mol. The van der Waals surface area contributed by atoms with E-state index in [9.17, 15) is 0 Å². The third-order valence-electron chi connectivity index (χ3n) is 11.0. The van der Waals surface area contributed by atoms with Crippen LogP contribution in [0.5, 0.6) is 0 Å². The predicted molar refractivity (Wildman–Crippen MR) is 225 cm³/mol. The normalized spacial score (nSPS) is 12.0. The molecule has 8 aromatic carbocycles. The summed E-state index contributed by atoms with van der Waals surface area (Å²) in [5, 5.41) is 7.95. The molecule has 5 heteroatoms. The molecule has 55 heavy (non-hydrogen) atoms. The molecule has 0 aliphatic rings. The van der Waals surface area contributed by atoms with Crippen LogP contribution in [0.4, 0.5) is 0 Å². The summed E-state index contributed by atoms with van der Waals surface area (Å²) in [5.74, 6) is 0.656. The average Bonchev–Trinajstić information content (AvgIpc) is 3.92. The van der Waals surface area contributed by atoms with Crippen LogP contribution in [0, 0.1) is 0 Å². The molecule has 0 spiro atoms. The van der Waals surface area contributed by atoms with Crippen molar-refractivity contribution in [1.29, 1.82) is 0 Å². The van der Waals surface area contributed by atoms with Gasteiger partial charge in [-0.25, -0.2) is 9.97 Å². The number of rotatable bonds is 4. The molecule has 4 aromatic heterocycles. The molecule has 0 atom stereocenters. The van der Waals surface area contributed by atoms with E-state index in [0.29, 0.717) is 11.4 Å². The maximum absolute atomic E-state index is 6.84. The van der Waals surface area contributed by atoms with Gasteiger partial charge in [-0.3, -0.25) is 0 Å². The van der Waals surface area contributed by atoms with Crippen molar-refractivity contribution in [1.82, 2.24) is 14.5 Å². The van der Waals surface area contributed by atoms with Crippen LogP contribution < -0.4 is 0 Å². The molecule has 12 rings (SSSR count). The van der Waals surface area contributed by atoms with Crippen molar-refractivity contribution in [2.24, 2.45) is 0 Å². The Labute approximate surface area is 314 Å². The molecule has 5 nitrogen and oxygen atoms in total. The summed E-state index contributed by atoms with van der Waals surface area (Å²) in [6.07, 6.45) is 0. The summed E-state index contributed by atoms with van der Waals surface area (Å²) in [5.41, 5.74) is 12.0. The summed E-state index contributed by atoms with van der Waals surface area (Å²) in [6, 6.07) is 61.4. The standard InChI is InChI=1S/C50H29N3O2/c1-3-13-30(14-4-1)46-49-47(52-50(51-46)31-15-5-2-6-16-31)39-28-34(23-26-44(39)55-49)35-24-25-41(45-37-20-10-12-22-43(37)54-48(35)45)53-40-21-11-9-19-36(40)38-27-32-17-7-8-18-33(32)29-42(38)53/h1-29H. The first-order chi connectivity index (χ1) is 27.3. The van der Waals surface area contributed by atoms with E-state index >= 15 is 0 Å². The first kappa shape index (κ1) is 30.0. The topological polar surface area (TPSA) is 57.0 Å². The van der Waals surface area contributed by atoms with E-state index in [4.69, 9.17) is 18.8 Å². The molecule has 0 saturated carbocycles. The lowest BCUT2D eigenvalue weighted by atomic mass is 9.99. The van der Waals surface area contributed by atoms with Gasteiger partial charge in [-0.15, -0.1) is 0 Å². The van der Waals surface area contributed by atoms with Gasteiger partial charge in [0.15, 0.2) is 11.4 Å². The summed E-state index contributed by atoms with van der Waals surface area (Å²) in [7, 11) is 0. The van der Waals surface area contributed by atoms with Crippen molar-refractivity contribution in [3.05, 3.63) is 176 Å². The van der Waals surface area contributed by atoms with Gasteiger partial charge in [0.1, 0.15) is 28.0 Å². The molecule has 0 N–H and O–H groups in total. The van der Waals surface area contributed by atoms with Gasteiger partial charge in [0.05, 0.1) is 22.1 Å².